The molecule has 0 unspecified atom stereocenters. The van der Waals surface area contributed by atoms with Crippen LogP contribution in [0.25, 0.3) is 0 Å². The molecule has 0 aliphatic rings. The summed E-state index contributed by atoms with van der Waals surface area (Å²) in [5.74, 6) is 1.32. The Morgan fingerprint density at radius 2 is 1.47 bits per heavy atom. The second-order valence-corrected chi connectivity index (χ2v) is 4.04. The molecule has 0 atom stereocenters. The van der Waals surface area contributed by atoms with Crippen molar-refractivity contribution in [3.05, 3.63) is 24.0 Å². The van der Waals surface area contributed by atoms with Gasteiger partial charge in [0.15, 0.2) is 0 Å². The molecule has 0 fully saturated rings. The Labute approximate surface area is 95.1 Å². The molecule has 2 heteroatoms. The maximum absolute atomic E-state index is 3.93. The molecule has 0 aliphatic heterocycles. The first-order valence-electron chi connectivity index (χ1n) is 5.81. The highest BCUT2D eigenvalue weighted by Crippen LogP contribution is 2.07. The van der Waals surface area contributed by atoms with Crippen LogP contribution < -0.4 is 0 Å². The van der Waals surface area contributed by atoms with Crippen LogP contribution >= 0.6 is 0 Å². The first-order valence-corrected chi connectivity index (χ1v) is 5.81. The number of hydrogen-bond acceptors (Lipinski definition) is 2. The van der Waals surface area contributed by atoms with Crippen LogP contribution in [0.1, 0.15) is 60.1 Å². The van der Waals surface area contributed by atoms with Crippen molar-refractivity contribution in [2.75, 3.05) is 0 Å². The number of aromatic nitrogens is 2. The van der Waals surface area contributed by atoms with Crippen molar-refractivity contribution >= 4 is 0 Å². The molecule has 15 heavy (non-hydrogen) atoms. The predicted molar refractivity (Wildman–Crippen MR) is 68.0 cm³/mol. The molecule has 2 nitrogen and oxygen atoms in total. The third kappa shape index (κ3) is 13.1. The quantitative estimate of drug-likeness (QED) is 0.691. The average molecular weight is 210 g/mol. The van der Waals surface area contributed by atoms with Gasteiger partial charge in [0.2, 0.25) is 0 Å². The van der Waals surface area contributed by atoms with E-state index in [0.29, 0.717) is 5.92 Å². The van der Waals surface area contributed by atoms with Gasteiger partial charge in [0.1, 0.15) is 0 Å². The molecule has 0 bridgehead atoms. The molecule has 1 aromatic rings. The zero-order chi connectivity index (χ0) is 12.3. The van der Waals surface area contributed by atoms with Crippen molar-refractivity contribution < 1.29 is 0 Å². The van der Waals surface area contributed by atoms with Crippen molar-refractivity contribution in [2.24, 2.45) is 5.92 Å². The first-order chi connectivity index (χ1) is 7.04. The summed E-state index contributed by atoms with van der Waals surface area (Å²) in [6.07, 6.45) is 1.69. The van der Waals surface area contributed by atoms with Crippen LogP contribution in [0.4, 0.5) is 0 Å². The lowest BCUT2D eigenvalue weighted by atomic mass is 10.1. The lowest BCUT2D eigenvalue weighted by Crippen LogP contribution is -1.92. The second kappa shape index (κ2) is 11.2. The Balaban J connectivity index is 0. The molecule has 1 rings (SSSR count). The summed E-state index contributed by atoms with van der Waals surface area (Å²) in [5.41, 5.74) is 1.05. The van der Waals surface area contributed by atoms with Crippen molar-refractivity contribution in [1.82, 2.24) is 10.2 Å². The van der Waals surface area contributed by atoms with Gasteiger partial charge in [-0.1, -0.05) is 48.5 Å². The number of nitrogens with zero attached hydrogens (tertiary/aromatic N) is 2. The van der Waals surface area contributed by atoms with Crippen molar-refractivity contribution in [1.29, 1.82) is 0 Å². The minimum Gasteiger partial charge on any atom is -0.159 e. The fraction of sp³-hybridized carbons (Fsp3) is 0.692. The highest BCUT2D eigenvalue weighted by Gasteiger charge is 1.96. The molecule has 0 saturated heterocycles. The fourth-order valence-corrected chi connectivity index (χ4v) is 0.621. The lowest BCUT2D eigenvalue weighted by Gasteiger charge is -1.98. The van der Waals surface area contributed by atoms with Crippen LogP contribution in [0.2, 0.25) is 0 Å². The molecule has 0 amide bonds. The molecule has 1 heterocycles. The van der Waals surface area contributed by atoms with Gasteiger partial charge in [0, 0.05) is 6.20 Å². The third-order valence-corrected chi connectivity index (χ3v) is 1.18. The number of hydrogen-bond donors (Lipinski definition) is 0. The molecule has 88 valence electrons. The summed E-state index contributed by atoms with van der Waals surface area (Å²) in [6, 6.07) is 3.89. The minimum atomic E-state index is 0.485. The van der Waals surface area contributed by atoms with Crippen LogP contribution in [0.15, 0.2) is 18.3 Å². The minimum absolute atomic E-state index is 0.485. The van der Waals surface area contributed by atoms with Gasteiger partial charge in [0.25, 0.3) is 0 Å². The highest BCUT2D eigenvalue weighted by atomic mass is 15.1. The largest absolute Gasteiger partial charge is 0.159 e. The third-order valence-electron chi connectivity index (χ3n) is 1.18. The van der Waals surface area contributed by atoms with Crippen LogP contribution in [0.5, 0.6) is 0 Å². The molecule has 0 N–H and O–H groups in total. The van der Waals surface area contributed by atoms with Crippen LogP contribution in [0.3, 0.4) is 0 Å². The maximum atomic E-state index is 3.93. The normalized spacial score (nSPS) is 8.87. The van der Waals surface area contributed by atoms with E-state index in [9.17, 15) is 0 Å². The van der Waals surface area contributed by atoms with Gasteiger partial charge in [-0.25, -0.2) is 0 Å². The summed E-state index contributed by atoms with van der Waals surface area (Å²) in [5, 5.41) is 7.68. The van der Waals surface area contributed by atoms with E-state index in [1.807, 2.05) is 26.0 Å². The van der Waals surface area contributed by atoms with Gasteiger partial charge in [0.05, 0.1) is 5.69 Å². The van der Waals surface area contributed by atoms with E-state index in [4.69, 9.17) is 0 Å². The van der Waals surface area contributed by atoms with E-state index >= 15 is 0 Å². The van der Waals surface area contributed by atoms with Gasteiger partial charge < -0.3 is 0 Å². The van der Waals surface area contributed by atoms with Crippen molar-refractivity contribution in [3.8, 4) is 0 Å². The van der Waals surface area contributed by atoms with E-state index in [-0.39, 0.29) is 0 Å². The van der Waals surface area contributed by atoms with Crippen molar-refractivity contribution in [2.45, 2.75) is 54.4 Å². The molecule has 0 saturated carbocycles. The summed E-state index contributed by atoms with van der Waals surface area (Å²) < 4.78 is 0. The van der Waals surface area contributed by atoms with E-state index < -0.39 is 0 Å². The van der Waals surface area contributed by atoms with E-state index in [2.05, 4.69) is 44.8 Å². The lowest BCUT2D eigenvalue weighted by molar-refractivity contribution is 0.737. The molecular weight excluding hydrogens is 184 g/mol. The number of rotatable bonds is 1. The molecule has 0 aromatic carbocycles. The van der Waals surface area contributed by atoms with Crippen LogP contribution in [-0.4, -0.2) is 10.2 Å². The van der Waals surface area contributed by atoms with Crippen LogP contribution in [-0.2, 0) is 0 Å². The molecular formula is C13H26N2. The van der Waals surface area contributed by atoms with Crippen LogP contribution in [0, 0.1) is 5.92 Å². The molecule has 0 aliphatic carbocycles. The van der Waals surface area contributed by atoms with Gasteiger partial charge in [-0.15, -0.1) is 0 Å². The zero-order valence-corrected chi connectivity index (χ0v) is 11.3. The van der Waals surface area contributed by atoms with Gasteiger partial charge in [-0.2, -0.15) is 10.2 Å². The summed E-state index contributed by atoms with van der Waals surface area (Å²) in [4.78, 5) is 0. The van der Waals surface area contributed by atoms with Gasteiger partial charge in [-0.05, 0) is 24.0 Å². The highest BCUT2D eigenvalue weighted by molar-refractivity contribution is 5.03. The van der Waals surface area contributed by atoms with Gasteiger partial charge in [-0.3, -0.25) is 0 Å². The van der Waals surface area contributed by atoms with Gasteiger partial charge >= 0.3 is 0 Å². The maximum Gasteiger partial charge on any atom is 0.0656 e. The Bertz CT molecular complexity index is 202. The standard InChI is InChI=1S/C7H10N2.C4H10.C2H6/c1-6(2)7-4-3-5-8-9-7;1-4(2)3;1-2/h3-6H,1-2H3;4H,1-3H3;1-2H3. The average Bonchev–Trinajstić information content (AvgIpc) is 2.21. The summed E-state index contributed by atoms with van der Waals surface area (Å²) in [7, 11) is 0. The summed E-state index contributed by atoms with van der Waals surface area (Å²) in [6.45, 7) is 14.7. The predicted octanol–water partition coefficient (Wildman–Crippen LogP) is 4.29. The first kappa shape index (κ1) is 16.5. The SMILES string of the molecule is CC.CC(C)C.CC(C)c1cccnn1. The molecule has 0 radical (unpaired) electrons. The van der Waals surface area contributed by atoms with Crippen molar-refractivity contribution in [3.63, 3.8) is 0 Å². The summed E-state index contributed by atoms with van der Waals surface area (Å²) >= 11 is 0. The van der Waals surface area contributed by atoms with E-state index in [1.165, 1.54) is 0 Å². The Morgan fingerprint density at radius 1 is 1.00 bits per heavy atom. The Hall–Kier alpha value is -0.920. The Morgan fingerprint density at radius 3 is 1.67 bits per heavy atom. The monoisotopic (exact) mass is 210 g/mol. The Kier molecular flexibility index (Phi) is 12.3. The molecule has 0 spiro atoms. The fourth-order valence-electron chi connectivity index (χ4n) is 0.621. The molecule has 1 aromatic heterocycles. The second-order valence-electron chi connectivity index (χ2n) is 4.04. The topological polar surface area (TPSA) is 25.8 Å². The zero-order valence-electron chi connectivity index (χ0n) is 11.3. The van der Waals surface area contributed by atoms with E-state index in [1.54, 1.807) is 6.20 Å². The van der Waals surface area contributed by atoms with E-state index in [0.717, 1.165) is 11.6 Å². The smallest absolute Gasteiger partial charge is 0.0656 e.